The molecule has 0 aliphatic heterocycles. The Morgan fingerprint density at radius 2 is 2.00 bits per heavy atom. The highest BCUT2D eigenvalue weighted by Crippen LogP contribution is 2.29. The van der Waals surface area contributed by atoms with Gasteiger partial charge in [0.05, 0.1) is 0 Å². The van der Waals surface area contributed by atoms with Gasteiger partial charge in [-0.15, -0.1) is 0 Å². The predicted molar refractivity (Wildman–Crippen MR) is 57.7 cm³/mol. The molecule has 1 saturated carbocycles. The third-order valence-electron chi connectivity index (χ3n) is 2.82. The molecule has 0 aromatic rings. The van der Waals surface area contributed by atoms with Gasteiger partial charge in [0.1, 0.15) is 0 Å². The lowest BCUT2D eigenvalue weighted by Crippen LogP contribution is -2.44. The molecule has 2 N–H and O–H groups in total. The molecule has 1 aliphatic carbocycles. The zero-order valence-corrected chi connectivity index (χ0v) is 9.34. The summed E-state index contributed by atoms with van der Waals surface area (Å²) in [5.41, 5.74) is 5.90. The Hall–Kier alpha value is -0.0800. The molecule has 2 heteroatoms. The quantitative estimate of drug-likeness (QED) is 0.706. The van der Waals surface area contributed by atoms with Crippen LogP contribution in [-0.2, 0) is 0 Å². The van der Waals surface area contributed by atoms with Crippen LogP contribution in [0.5, 0.6) is 0 Å². The minimum absolute atomic E-state index is 0.0473. The topological polar surface area (TPSA) is 29.3 Å². The summed E-state index contributed by atoms with van der Waals surface area (Å²) in [6.45, 7) is 6.39. The van der Waals surface area contributed by atoms with E-state index < -0.39 is 0 Å². The fraction of sp³-hybridized carbons (Fsp3) is 1.00. The number of hydrogen-bond donors (Lipinski definition) is 1. The van der Waals surface area contributed by atoms with Crippen molar-refractivity contribution >= 4 is 0 Å². The standard InChI is InChI=1S/C11H24N2/c1-11(2,12)9-13(3)8-7-10-5-4-6-10/h10H,4-9,12H2,1-3H3. The van der Waals surface area contributed by atoms with E-state index in [1.165, 1.54) is 32.2 Å². The molecular formula is C11H24N2. The van der Waals surface area contributed by atoms with E-state index in [0.717, 1.165) is 12.5 Å². The lowest BCUT2D eigenvalue weighted by molar-refractivity contribution is 0.216. The average molecular weight is 184 g/mol. The number of likely N-dealkylation sites (N-methyl/N-ethyl adjacent to an activating group) is 1. The lowest BCUT2D eigenvalue weighted by atomic mass is 9.83. The molecular weight excluding hydrogens is 160 g/mol. The van der Waals surface area contributed by atoms with Crippen molar-refractivity contribution in [1.29, 1.82) is 0 Å². The molecule has 78 valence electrons. The Balaban J connectivity index is 2.06. The number of nitrogens with two attached hydrogens (primary N) is 1. The Bertz CT molecular complexity index is 145. The molecule has 0 radical (unpaired) electrons. The van der Waals surface area contributed by atoms with Crippen LogP contribution in [0.3, 0.4) is 0 Å². The van der Waals surface area contributed by atoms with E-state index in [1.807, 2.05) is 0 Å². The van der Waals surface area contributed by atoms with Gasteiger partial charge in [-0.3, -0.25) is 0 Å². The van der Waals surface area contributed by atoms with E-state index in [9.17, 15) is 0 Å². The van der Waals surface area contributed by atoms with E-state index in [4.69, 9.17) is 5.73 Å². The molecule has 0 spiro atoms. The minimum atomic E-state index is -0.0473. The molecule has 1 aliphatic rings. The molecule has 0 amide bonds. The summed E-state index contributed by atoms with van der Waals surface area (Å²) in [6.07, 6.45) is 5.74. The van der Waals surface area contributed by atoms with Gasteiger partial charge in [-0.2, -0.15) is 0 Å². The molecule has 0 bridgehead atoms. The molecule has 2 nitrogen and oxygen atoms in total. The van der Waals surface area contributed by atoms with Crippen LogP contribution in [0.15, 0.2) is 0 Å². The third-order valence-corrected chi connectivity index (χ3v) is 2.82. The van der Waals surface area contributed by atoms with Crippen molar-refractivity contribution in [2.45, 2.75) is 45.1 Å². The molecule has 0 saturated heterocycles. The highest BCUT2D eigenvalue weighted by Gasteiger charge is 2.19. The van der Waals surface area contributed by atoms with Crippen LogP contribution < -0.4 is 5.73 Å². The van der Waals surface area contributed by atoms with Crippen LogP contribution in [0.4, 0.5) is 0 Å². The predicted octanol–water partition coefficient (Wildman–Crippen LogP) is 1.85. The minimum Gasteiger partial charge on any atom is -0.324 e. The van der Waals surface area contributed by atoms with Crippen LogP contribution >= 0.6 is 0 Å². The number of hydrogen-bond acceptors (Lipinski definition) is 2. The molecule has 0 atom stereocenters. The first-order valence-corrected chi connectivity index (χ1v) is 5.45. The van der Waals surface area contributed by atoms with Crippen molar-refractivity contribution in [2.75, 3.05) is 20.1 Å². The molecule has 0 unspecified atom stereocenters. The van der Waals surface area contributed by atoms with Gasteiger partial charge in [0.15, 0.2) is 0 Å². The van der Waals surface area contributed by atoms with Gasteiger partial charge in [0, 0.05) is 12.1 Å². The SMILES string of the molecule is CN(CCC1CCC1)CC(C)(C)N. The average Bonchev–Trinajstić information content (AvgIpc) is 1.78. The van der Waals surface area contributed by atoms with Crippen LogP contribution in [-0.4, -0.2) is 30.6 Å². The van der Waals surface area contributed by atoms with E-state index in [-0.39, 0.29) is 5.54 Å². The van der Waals surface area contributed by atoms with Gasteiger partial charge in [-0.05, 0) is 39.8 Å². The van der Waals surface area contributed by atoms with Gasteiger partial charge in [-0.1, -0.05) is 19.3 Å². The number of rotatable bonds is 5. The first-order valence-electron chi connectivity index (χ1n) is 5.45. The summed E-state index contributed by atoms with van der Waals surface area (Å²) in [6, 6.07) is 0. The van der Waals surface area contributed by atoms with Gasteiger partial charge >= 0.3 is 0 Å². The van der Waals surface area contributed by atoms with Crippen molar-refractivity contribution in [3.63, 3.8) is 0 Å². The second kappa shape index (κ2) is 4.43. The van der Waals surface area contributed by atoms with E-state index in [2.05, 4.69) is 25.8 Å². The van der Waals surface area contributed by atoms with E-state index >= 15 is 0 Å². The van der Waals surface area contributed by atoms with Crippen LogP contribution in [0.2, 0.25) is 0 Å². The molecule has 0 aromatic carbocycles. The monoisotopic (exact) mass is 184 g/mol. The summed E-state index contributed by atoms with van der Waals surface area (Å²) in [5.74, 6) is 1.02. The van der Waals surface area contributed by atoms with Crippen molar-refractivity contribution in [3.05, 3.63) is 0 Å². The maximum Gasteiger partial charge on any atom is 0.0225 e. The molecule has 13 heavy (non-hydrogen) atoms. The van der Waals surface area contributed by atoms with E-state index in [1.54, 1.807) is 0 Å². The van der Waals surface area contributed by atoms with Gasteiger partial charge in [0.2, 0.25) is 0 Å². The van der Waals surface area contributed by atoms with Crippen molar-refractivity contribution in [1.82, 2.24) is 4.90 Å². The molecule has 0 aromatic heterocycles. The largest absolute Gasteiger partial charge is 0.324 e. The maximum absolute atomic E-state index is 5.95. The first kappa shape index (κ1) is 11.0. The van der Waals surface area contributed by atoms with Crippen molar-refractivity contribution in [2.24, 2.45) is 11.7 Å². The number of nitrogens with zero attached hydrogens (tertiary/aromatic N) is 1. The summed E-state index contributed by atoms with van der Waals surface area (Å²) in [5, 5.41) is 0. The highest BCUT2D eigenvalue weighted by atomic mass is 15.1. The molecule has 1 rings (SSSR count). The Kier molecular flexibility index (Phi) is 3.74. The second-order valence-corrected chi connectivity index (χ2v) is 5.31. The molecule has 0 heterocycles. The second-order valence-electron chi connectivity index (χ2n) is 5.31. The summed E-state index contributed by atoms with van der Waals surface area (Å²) >= 11 is 0. The van der Waals surface area contributed by atoms with Crippen LogP contribution in [0.1, 0.15) is 39.5 Å². The lowest BCUT2D eigenvalue weighted by Gasteiger charge is -2.30. The first-order chi connectivity index (χ1) is 5.97. The zero-order valence-electron chi connectivity index (χ0n) is 9.34. The molecule has 1 fully saturated rings. The van der Waals surface area contributed by atoms with Crippen molar-refractivity contribution in [3.8, 4) is 0 Å². The smallest absolute Gasteiger partial charge is 0.0225 e. The third kappa shape index (κ3) is 4.63. The Morgan fingerprint density at radius 3 is 2.38 bits per heavy atom. The Labute approximate surface area is 82.5 Å². The van der Waals surface area contributed by atoms with Crippen LogP contribution in [0, 0.1) is 5.92 Å². The van der Waals surface area contributed by atoms with Gasteiger partial charge in [0.25, 0.3) is 0 Å². The summed E-state index contributed by atoms with van der Waals surface area (Å²) in [7, 11) is 2.17. The zero-order chi connectivity index (χ0) is 9.90. The van der Waals surface area contributed by atoms with Crippen LogP contribution in [0.25, 0.3) is 0 Å². The van der Waals surface area contributed by atoms with Gasteiger partial charge < -0.3 is 10.6 Å². The van der Waals surface area contributed by atoms with Crippen molar-refractivity contribution < 1.29 is 0 Å². The Morgan fingerprint density at radius 1 is 1.38 bits per heavy atom. The van der Waals surface area contributed by atoms with E-state index in [0.29, 0.717) is 0 Å². The summed E-state index contributed by atoms with van der Waals surface area (Å²) in [4.78, 5) is 2.36. The highest BCUT2D eigenvalue weighted by molar-refractivity contribution is 4.77. The maximum atomic E-state index is 5.95. The fourth-order valence-electron chi connectivity index (χ4n) is 1.96. The fourth-order valence-corrected chi connectivity index (χ4v) is 1.96. The summed E-state index contributed by atoms with van der Waals surface area (Å²) < 4.78 is 0. The normalized spacial score (nSPS) is 19.2. The van der Waals surface area contributed by atoms with Gasteiger partial charge in [-0.25, -0.2) is 0 Å².